The van der Waals surface area contributed by atoms with Crippen LogP contribution in [0, 0.1) is 12.8 Å². The average molecular weight is 343 g/mol. The molecule has 4 rings (SSSR count). The minimum Gasteiger partial charge on any atom is -0.347 e. The van der Waals surface area contributed by atoms with E-state index in [1.165, 1.54) is 4.57 Å². The highest BCUT2D eigenvalue weighted by Crippen LogP contribution is 2.52. The van der Waals surface area contributed by atoms with Crippen molar-refractivity contribution in [3.8, 4) is 0 Å². The number of fused-ring (bicyclic) bond motifs is 2. The summed E-state index contributed by atoms with van der Waals surface area (Å²) in [5, 5.41) is 0. The molecule has 0 aliphatic carbocycles. The highest BCUT2D eigenvalue weighted by molar-refractivity contribution is 5.39. The van der Waals surface area contributed by atoms with Gasteiger partial charge in [0.05, 0.1) is 18.2 Å². The van der Waals surface area contributed by atoms with Crippen molar-refractivity contribution in [1.29, 1.82) is 0 Å². The number of nitrogens with one attached hydrogen (secondary N) is 1. The molecule has 0 spiro atoms. The molecular weight excluding hydrogens is 322 g/mol. The largest absolute Gasteiger partial charge is 0.347 e. The smallest absolute Gasteiger partial charge is 0.330 e. The summed E-state index contributed by atoms with van der Waals surface area (Å²) in [6.07, 6.45) is 5.33. The first-order valence-electron chi connectivity index (χ1n) is 8.50. The van der Waals surface area contributed by atoms with Crippen molar-refractivity contribution in [2.45, 2.75) is 45.1 Å². The van der Waals surface area contributed by atoms with Gasteiger partial charge in [0.2, 0.25) is 5.95 Å². The predicted octanol–water partition coefficient (Wildman–Crippen LogP) is 0.838. The highest BCUT2D eigenvalue weighted by atomic mass is 16.5. The van der Waals surface area contributed by atoms with Crippen molar-refractivity contribution in [3.05, 3.63) is 51.1 Å². The van der Waals surface area contributed by atoms with E-state index in [0.29, 0.717) is 18.1 Å². The third-order valence-corrected chi connectivity index (χ3v) is 5.62. The van der Waals surface area contributed by atoms with Gasteiger partial charge in [-0.3, -0.25) is 14.3 Å². The summed E-state index contributed by atoms with van der Waals surface area (Å²) in [4.78, 5) is 37.3. The summed E-state index contributed by atoms with van der Waals surface area (Å²) < 4.78 is 7.86. The summed E-state index contributed by atoms with van der Waals surface area (Å²) in [6, 6.07) is 1.70. The molecule has 2 bridgehead atoms. The van der Waals surface area contributed by atoms with Crippen LogP contribution in [0.3, 0.4) is 0 Å². The van der Waals surface area contributed by atoms with Crippen LogP contribution in [0.25, 0.3) is 0 Å². The number of anilines is 1. The van der Waals surface area contributed by atoms with Crippen molar-refractivity contribution in [3.63, 3.8) is 0 Å². The van der Waals surface area contributed by atoms with Crippen LogP contribution in [0.1, 0.15) is 32.1 Å². The van der Waals surface area contributed by atoms with Gasteiger partial charge in [-0.05, 0) is 19.4 Å². The van der Waals surface area contributed by atoms with Crippen LogP contribution in [0.5, 0.6) is 0 Å². The van der Waals surface area contributed by atoms with Crippen molar-refractivity contribution >= 4 is 5.95 Å². The van der Waals surface area contributed by atoms with Crippen LogP contribution in [-0.4, -0.2) is 37.7 Å². The van der Waals surface area contributed by atoms with Crippen LogP contribution >= 0.6 is 0 Å². The lowest BCUT2D eigenvalue weighted by Gasteiger charge is -2.37. The molecule has 2 aliphatic rings. The lowest BCUT2D eigenvalue weighted by atomic mass is 9.88. The summed E-state index contributed by atoms with van der Waals surface area (Å²) in [6.45, 7) is 6.60. The van der Waals surface area contributed by atoms with Crippen molar-refractivity contribution in [1.82, 2.24) is 19.5 Å². The molecule has 25 heavy (non-hydrogen) atoms. The van der Waals surface area contributed by atoms with Crippen LogP contribution in [-0.2, 0) is 4.74 Å². The molecular formula is C17H21N5O3. The first-order chi connectivity index (χ1) is 12.0. The van der Waals surface area contributed by atoms with E-state index in [1.54, 1.807) is 31.6 Å². The first-order valence-corrected chi connectivity index (χ1v) is 8.50. The summed E-state index contributed by atoms with van der Waals surface area (Å²) in [7, 11) is 0. The minimum atomic E-state index is -0.490. The standard InChI is InChI=1S/C17H21N5O3/c1-4-17-9-22(15-18-6-5-7-19-15)12(11(17)3)14(25-17)21-8-10(2)13(23)20-16(21)24/h5-8,11-12,14H,4,9H2,1-3H3,(H,20,23,24)/t11-,12+,14+,17-/m0/s1. The fraction of sp³-hybridized carbons (Fsp3) is 0.529. The quantitative estimate of drug-likeness (QED) is 0.888. The number of rotatable bonds is 3. The van der Waals surface area contributed by atoms with E-state index in [2.05, 4.69) is 33.7 Å². The van der Waals surface area contributed by atoms with Crippen LogP contribution in [0.2, 0.25) is 0 Å². The molecule has 4 atom stereocenters. The normalized spacial score (nSPS) is 30.8. The molecule has 8 nitrogen and oxygen atoms in total. The predicted molar refractivity (Wildman–Crippen MR) is 91.5 cm³/mol. The zero-order valence-electron chi connectivity index (χ0n) is 14.5. The van der Waals surface area contributed by atoms with Gasteiger partial charge in [-0.1, -0.05) is 13.8 Å². The van der Waals surface area contributed by atoms with E-state index in [4.69, 9.17) is 4.74 Å². The maximum Gasteiger partial charge on any atom is 0.330 e. The van der Waals surface area contributed by atoms with Gasteiger partial charge in [-0.2, -0.15) is 0 Å². The number of aryl methyl sites for hydroxylation is 1. The molecule has 2 saturated heterocycles. The number of aromatic nitrogens is 4. The van der Waals surface area contributed by atoms with E-state index in [9.17, 15) is 9.59 Å². The third-order valence-electron chi connectivity index (χ3n) is 5.62. The van der Waals surface area contributed by atoms with Gasteiger partial charge in [-0.25, -0.2) is 14.8 Å². The van der Waals surface area contributed by atoms with Gasteiger partial charge in [-0.15, -0.1) is 0 Å². The molecule has 0 amide bonds. The fourth-order valence-electron chi connectivity index (χ4n) is 4.13. The van der Waals surface area contributed by atoms with Gasteiger partial charge in [0.25, 0.3) is 5.56 Å². The average Bonchev–Trinajstić information content (AvgIpc) is 3.07. The Kier molecular flexibility index (Phi) is 3.54. The molecule has 1 N–H and O–H groups in total. The highest BCUT2D eigenvalue weighted by Gasteiger charge is 2.62. The number of H-pyrrole nitrogens is 1. The van der Waals surface area contributed by atoms with E-state index < -0.39 is 11.9 Å². The Hall–Kier alpha value is -2.48. The van der Waals surface area contributed by atoms with Gasteiger partial charge < -0.3 is 9.64 Å². The molecule has 0 unspecified atom stereocenters. The Labute approximate surface area is 144 Å². The third kappa shape index (κ3) is 2.24. The summed E-state index contributed by atoms with van der Waals surface area (Å²) in [5.74, 6) is 0.836. The lowest BCUT2D eigenvalue weighted by molar-refractivity contribution is -0.0952. The Morgan fingerprint density at radius 2 is 2.08 bits per heavy atom. The van der Waals surface area contributed by atoms with E-state index in [-0.39, 0.29) is 23.1 Å². The molecule has 8 heteroatoms. The molecule has 0 radical (unpaired) electrons. The second-order valence-corrected chi connectivity index (χ2v) is 6.86. The fourth-order valence-corrected chi connectivity index (χ4v) is 4.13. The number of hydrogen-bond acceptors (Lipinski definition) is 6. The second kappa shape index (κ2) is 5.52. The van der Waals surface area contributed by atoms with Crippen molar-refractivity contribution in [2.24, 2.45) is 5.92 Å². The van der Waals surface area contributed by atoms with Gasteiger partial charge in [0.1, 0.15) is 0 Å². The summed E-state index contributed by atoms with van der Waals surface area (Å²) >= 11 is 0. The number of ether oxygens (including phenoxy) is 1. The van der Waals surface area contributed by atoms with E-state index in [1.807, 2.05) is 0 Å². The zero-order valence-corrected chi connectivity index (χ0v) is 14.5. The molecule has 2 aromatic heterocycles. The van der Waals surface area contributed by atoms with Crippen LogP contribution in [0.15, 0.2) is 34.2 Å². The molecule has 2 fully saturated rings. The maximum absolute atomic E-state index is 12.4. The Balaban J connectivity index is 1.82. The molecule has 0 saturated carbocycles. The molecule has 2 aromatic rings. The molecule has 0 aromatic carbocycles. The van der Waals surface area contributed by atoms with Gasteiger partial charge in [0, 0.05) is 30.1 Å². The van der Waals surface area contributed by atoms with Crippen molar-refractivity contribution in [2.75, 3.05) is 11.4 Å². The van der Waals surface area contributed by atoms with Gasteiger partial charge in [0.15, 0.2) is 6.23 Å². The van der Waals surface area contributed by atoms with Crippen LogP contribution < -0.4 is 16.1 Å². The number of nitrogens with zero attached hydrogens (tertiary/aromatic N) is 4. The minimum absolute atomic E-state index is 0.0784. The Morgan fingerprint density at radius 3 is 2.72 bits per heavy atom. The zero-order chi connectivity index (χ0) is 17.8. The lowest BCUT2D eigenvalue weighted by Crippen LogP contribution is -2.49. The SMILES string of the molecule is CC[C@@]12CN(c3ncccn3)[C@@H]([C@H](n3cc(C)c(=O)[nH]c3=O)O1)[C@@H]2C. The summed E-state index contributed by atoms with van der Waals surface area (Å²) in [5.41, 5.74) is -0.712. The monoisotopic (exact) mass is 343 g/mol. The number of morpholine rings is 1. The van der Waals surface area contributed by atoms with Crippen LogP contribution in [0.4, 0.5) is 5.95 Å². The van der Waals surface area contributed by atoms with E-state index in [0.717, 1.165) is 6.42 Å². The van der Waals surface area contributed by atoms with Crippen molar-refractivity contribution < 1.29 is 4.74 Å². The molecule has 132 valence electrons. The van der Waals surface area contributed by atoms with E-state index >= 15 is 0 Å². The number of aromatic amines is 1. The topological polar surface area (TPSA) is 93.1 Å². The second-order valence-electron chi connectivity index (χ2n) is 6.86. The number of hydrogen-bond donors (Lipinski definition) is 1. The Bertz CT molecular complexity index is 908. The first kappa shape index (κ1) is 16.0. The molecule has 2 aliphatic heterocycles. The van der Waals surface area contributed by atoms with Gasteiger partial charge >= 0.3 is 5.69 Å². The maximum atomic E-state index is 12.4. The Morgan fingerprint density at radius 1 is 1.36 bits per heavy atom. The molecule has 4 heterocycles.